The Labute approximate surface area is 147 Å². The molecular formula is C19H24N2O4. The number of carboxylic acid groups (broad SMARTS) is 1. The third-order valence-electron chi connectivity index (χ3n) is 5.05. The summed E-state index contributed by atoms with van der Waals surface area (Å²) >= 11 is 0. The van der Waals surface area contributed by atoms with Gasteiger partial charge in [0.15, 0.2) is 0 Å². The van der Waals surface area contributed by atoms with Crippen molar-refractivity contribution in [2.75, 3.05) is 20.2 Å². The number of carbonyl (C=O) groups excluding carboxylic acids is 1. The van der Waals surface area contributed by atoms with E-state index in [9.17, 15) is 9.59 Å². The average Bonchev–Trinajstić information content (AvgIpc) is 3.12. The van der Waals surface area contributed by atoms with Gasteiger partial charge in [-0.2, -0.15) is 0 Å². The van der Waals surface area contributed by atoms with Crippen LogP contribution in [0.1, 0.15) is 31.2 Å². The van der Waals surface area contributed by atoms with Crippen molar-refractivity contribution < 1.29 is 19.4 Å². The maximum Gasteiger partial charge on any atom is 0.318 e. The molecule has 0 atom stereocenters. The fraction of sp³-hybridized carbons (Fsp3) is 0.474. The summed E-state index contributed by atoms with van der Waals surface area (Å²) in [5, 5.41) is 12.1. The van der Waals surface area contributed by atoms with Gasteiger partial charge in [0.2, 0.25) is 0 Å². The number of amides is 2. The summed E-state index contributed by atoms with van der Waals surface area (Å²) in [6.07, 6.45) is 4.79. The summed E-state index contributed by atoms with van der Waals surface area (Å²) in [5.41, 5.74) is 2.18. The third kappa shape index (κ3) is 4.13. The van der Waals surface area contributed by atoms with Crippen molar-refractivity contribution in [2.45, 2.75) is 31.7 Å². The number of aliphatic carboxylic acids is 1. The maximum absolute atomic E-state index is 12.5. The van der Waals surface area contributed by atoms with E-state index >= 15 is 0 Å². The highest BCUT2D eigenvalue weighted by Gasteiger charge is 2.28. The molecule has 0 saturated heterocycles. The molecule has 0 unspecified atom stereocenters. The van der Waals surface area contributed by atoms with Gasteiger partial charge in [0.05, 0.1) is 13.0 Å². The number of rotatable bonds is 4. The molecule has 1 aromatic carbocycles. The first-order chi connectivity index (χ1) is 12.1. The number of carboxylic acids is 1. The predicted octanol–water partition coefficient (Wildman–Crippen LogP) is 2.75. The monoisotopic (exact) mass is 344 g/mol. The van der Waals surface area contributed by atoms with Crippen molar-refractivity contribution >= 4 is 17.6 Å². The molecule has 6 nitrogen and oxygen atoms in total. The fourth-order valence-electron chi connectivity index (χ4n) is 3.49. The van der Waals surface area contributed by atoms with Crippen LogP contribution in [0.25, 0.3) is 5.57 Å². The maximum atomic E-state index is 12.5. The molecular weight excluding hydrogens is 320 g/mol. The van der Waals surface area contributed by atoms with E-state index in [0.29, 0.717) is 25.9 Å². The van der Waals surface area contributed by atoms with Gasteiger partial charge >= 0.3 is 12.0 Å². The van der Waals surface area contributed by atoms with Crippen molar-refractivity contribution in [1.82, 2.24) is 10.2 Å². The number of hydrogen-bond acceptors (Lipinski definition) is 3. The van der Waals surface area contributed by atoms with Crippen LogP contribution in [0.2, 0.25) is 0 Å². The van der Waals surface area contributed by atoms with Gasteiger partial charge < -0.3 is 20.1 Å². The van der Waals surface area contributed by atoms with Crippen LogP contribution in [0.3, 0.4) is 0 Å². The van der Waals surface area contributed by atoms with E-state index in [1.165, 1.54) is 0 Å². The summed E-state index contributed by atoms with van der Waals surface area (Å²) in [4.78, 5) is 25.2. The van der Waals surface area contributed by atoms with Crippen LogP contribution in [0.4, 0.5) is 4.79 Å². The zero-order valence-corrected chi connectivity index (χ0v) is 14.4. The van der Waals surface area contributed by atoms with Crippen molar-refractivity contribution in [3.8, 4) is 5.75 Å². The molecule has 0 bridgehead atoms. The number of carbonyl (C=O) groups is 2. The van der Waals surface area contributed by atoms with Gasteiger partial charge in [0.25, 0.3) is 0 Å². The molecule has 1 aliphatic heterocycles. The molecule has 2 aliphatic rings. The van der Waals surface area contributed by atoms with E-state index in [1.807, 2.05) is 24.3 Å². The topological polar surface area (TPSA) is 78.9 Å². The zero-order chi connectivity index (χ0) is 17.8. The van der Waals surface area contributed by atoms with Gasteiger partial charge in [0.1, 0.15) is 5.75 Å². The molecule has 0 spiro atoms. The van der Waals surface area contributed by atoms with Crippen molar-refractivity contribution in [2.24, 2.45) is 5.92 Å². The van der Waals surface area contributed by atoms with Crippen LogP contribution in [0.5, 0.6) is 5.75 Å². The van der Waals surface area contributed by atoms with Crippen LogP contribution in [0, 0.1) is 5.92 Å². The summed E-state index contributed by atoms with van der Waals surface area (Å²) in [6, 6.07) is 7.83. The lowest BCUT2D eigenvalue weighted by Gasteiger charge is -2.28. The Morgan fingerprint density at radius 1 is 1.24 bits per heavy atom. The molecule has 134 valence electrons. The summed E-state index contributed by atoms with van der Waals surface area (Å²) in [6.45, 7) is 1.16. The van der Waals surface area contributed by atoms with Gasteiger partial charge in [-0.3, -0.25) is 4.79 Å². The lowest BCUT2D eigenvalue weighted by Crippen LogP contribution is -2.45. The Morgan fingerprint density at radius 2 is 2.00 bits per heavy atom. The first-order valence-electron chi connectivity index (χ1n) is 8.68. The second-order valence-corrected chi connectivity index (χ2v) is 6.68. The predicted molar refractivity (Wildman–Crippen MR) is 94.5 cm³/mol. The average molecular weight is 344 g/mol. The molecule has 6 heteroatoms. The standard InChI is InChI=1S/C19H24N2O4/c1-25-17-4-2-3-14(11-17)15-9-10-21(12-15)19(24)20-16-7-5-13(6-8-16)18(22)23/h2-4,9,11,13,16H,5-8,10,12H2,1H3,(H,20,24)(H,22,23). The number of nitrogens with one attached hydrogen (secondary N) is 1. The van der Waals surface area contributed by atoms with Gasteiger partial charge in [0, 0.05) is 19.1 Å². The molecule has 25 heavy (non-hydrogen) atoms. The molecule has 1 heterocycles. The number of ether oxygens (including phenoxy) is 1. The largest absolute Gasteiger partial charge is 0.497 e. The Bertz CT molecular complexity index is 678. The van der Waals surface area contributed by atoms with E-state index in [4.69, 9.17) is 9.84 Å². The van der Waals surface area contributed by atoms with Crippen LogP contribution in [-0.4, -0.2) is 48.2 Å². The molecule has 1 fully saturated rings. The molecule has 0 radical (unpaired) electrons. The first-order valence-corrected chi connectivity index (χ1v) is 8.68. The molecule has 1 aromatic rings. The highest BCUT2D eigenvalue weighted by Crippen LogP contribution is 2.26. The van der Waals surface area contributed by atoms with E-state index < -0.39 is 5.97 Å². The SMILES string of the molecule is COc1cccc(C2=CCN(C(=O)NC3CCC(C(=O)O)CC3)C2)c1. The minimum atomic E-state index is -0.726. The first kappa shape index (κ1) is 17.3. The van der Waals surface area contributed by atoms with Crippen molar-refractivity contribution in [1.29, 1.82) is 0 Å². The van der Waals surface area contributed by atoms with Crippen LogP contribution in [-0.2, 0) is 4.79 Å². The molecule has 0 aromatic heterocycles. The van der Waals surface area contributed by atoms with Gasteiger partial charge in [-0.25, -0.2) is 4.79 Å². The Hall–Kier alpha value is -2.50. The number of methoxy groups -OCH3 is 1. The van der Waals surface area contributed by atoms with Gasteiger partial charge in [-0.1, -0.05) is 18.2 Å². The van der Waals surface area contributed by atoms with E-state index in [2.05, 4.69) is 11.4 Å². The van der Waals surface area contributed by atoms with Crippen LogP contribution in [0.15, 0.2) is 30.3 Å². The van der Waals surface area contributed by atoms with Crippen LogP contribution >= 0.6 is 0 Å². The summed E-state index contributed by atoms with van der Waals surface area (Å²) < 4.78 is 5.25. The number of urea groups is 1. The van der Waals surface area contributed by atoms with E-state index in [1.54, 1.807) is 12.0 Å². The van der Waals surface area contributed by atoms with Crippen molar-refractivity contribution in [3.63, 3.8) is 0 Å². The second kappa shape index (κ2) is 7.59. The normalized spacial score (nSPS) is 23.1. The smallest absolute Gasteiger partial charge is 0.318 e. The highest BCUT2D eigenvalue weighted by atomic mass is 16.5. The highest BCUT2D eigenvalue weighted by molar-refractivity contribution is 5.81. The lowest BCUT2D eigenvalue weighted by atomic mass is 9.86. The molecule has 2 amide bonds. The number of benzene rings is 1. The molecule has 2 N–H and O–H groups in total. The Balaban J connectivity index is 1.51. The number of hydrogen-bond donors (Lipinski definition) is 2. The molecule has 3 rings (SSSR count). The van der Waals surface area contributed by atoms with Crippen LogP contribution < -0.4 is 10.1 Å². The Morgan fingerprint density at radius 3 is 2.68 bits per heavy atom. The zero-order valence-electron chi connectivity index (χ0n) is 14.4. The summed E-state index contributed by atoms with van der Waals surface area (Å²) in [5.74, 6) is -0.186. The second-order valence-electron chi connectivity index (χ2n) is 6.68. The Kier molecular flexibility index (Phi) is 5.26. The quantitative estimate of drug-likeness (QED) is 0.880. The van der Waals surface area contributed by atoms with Crippen molar-refractivity contribution in [3.05, 3.63) is 35.9 Å². The lowest BCUT2D eigenvalue weighted by molar-refractivity contribution is -0.142. The minimum Gasteiger partial charge on any atom is -0.497 e. The minimum absolute atomic E-state index is 0.0731. The summed E-state index contributed by atoms with van der Waals surface area (Å²) in [7, 11) is 1.64. The molecule has 1 saturated carbocycles. The van der Waals surface area contributed by atoms with Gasteiger partial charge in [-0.05, 0) is 49.0 Å². The fourth-order valence-corrected chi connectivity index (χ4v) is 3.49. The van der Waals surface area contributed by atoms with Gasteiger partial charge in [-0.15, -0.1) is 0 Å². The number of nitrogens with zero attached hydrogens (tertiary/aromatic N) is 1. The van der Waals surface area contributed by atoms with E-state index in [0.717, 1.165) is 29.7 Å². The van der Waals surface area contributed by atoms with E-state index in [-0.39, 0.29) is 18.0 Å². The molecule has 1 aliphatic carbocycles. The third-order valence-corrected chi connectivity index (χ3v) is 5.05.